The number of ether oxygens (including phenoxy) is 1. The Morgan fingerprint density at radius 3 is 2.69 bits per heavy atom. The van der Waals surface area contributed by atoms with Crippen molar-refractivity contribution in [2.75, 3.05) is 0 Å². The van der Waals surface area contributed by atoms with E-state index in [1.54, 1.807) is 11.6 Å². The molecule has 0 bridgehead atoms. The van der Waals surface area contributed by atoms with Crippen molar-refractivity contribution in [3.63, 3.8) is 0 Å². The molecule has 1 atom stereocenters. The molecule has 0 saturated carbocycles. The SMILES string of the molecule is Cc1nn(-c2ccccc2)c2c1[C@@H](c1cc(Cl)ccc1[N+](=O)[O-])C(C#N)=C(N)O2. The van der Waals surface area contributed by atoms with E-state index >= 15 is 0 Å². The number of para-hydroxylation sites is 1. The Balaban J connectivity index is 2.03. The average molecular weight is 408 g/mol. The lowest BCUT2D eigenvalue weighted by atomic mass is 9.83. The molecule has 4 rings (SSSR count). The molecule has 1 aromatic heterocycles. The van der Waals surface area contributed by atoms with E-state index in [0.717, 1.165) is 5.69 Å². The molecule has 2 N–H and O–H groups in total. The summed E-state index contributed by atoms with van der Waals surface area (Å²) >= 11 is 6.13. The van der Waals surface area contributed by atoms with Crippen molar-refractivity contribution in [3.05, 3.63) is 91.9 Å². The molecule has 0 saturated heterocycles. The highest BCUT2D eigenvalue weighted by atomic mass is 35.5. The van der Waals surface area contributed by atoms with Crippen LogP contribution in [-0.2, 0) is 0 Å². The predicted octanol–water partition coefficient (Wildman–Crippen LogP) is 3.96. The molecule has 8 nitrogen and oxygen atoms in total. The van der Waals surface area contributed by atoms with Crippen molar-refractivity contribution in [1.29, 1.82) is 5.26 Å². The summed E-state index contributed by atoms with van der Waals surface area (Å²) in [5, 5.41) is 26.2. The van der Waals surface area contributed by atoms with Crippen LogP contribution >= 0.6 is 11.6 Å². The van der Waals surface area contributed by atoms with Crippen LogP contribution in [0.5, 0.6) is 5.88 Å². The third kappa shape index (κ3) is 2.98. The number of nitrogens with two attached hydrogens (primary N) is 1. The highest BCUT2D eigenvalue weighted by molar-refractivity contribution is 6.30. The van der Waals surface area contributed by atoms with Gasteiger partial charge < -0.3 is 10.5 Å². The molecule has 1 aliphatic heterocycles. The van der Waals surface area contributed by atoms with Gasteiger partial charge >= 0.3 is 0 Å². The second-order valence-electron chi connectivity index (χ2n) is 6.44. The van der Waals surface area contributed by atoms with Crippen molar-refractivity contribution in [1.82, 2.24) is 9.78 Å². The number of nitrogens with zero attached hydrogens (tertiary/aromatic N) is 4. The van der Waals surface area contributed by atoms with Crippen LogP contribution < -0.4 is 10.5 Å². The lowest BCUT2D eigenvalue weighted by Gasteiger charge is -2.24. The molecular formula is C20H14ClN5O3. The molecule has 0 fully saturated rings. The van der Waals surface area contributed by atoms with Crippen LogP contribution in [0.2, 0.25) is 5.02 Å². The quantitative estimate of drug-likeness (QED) is 0.518. The fraction of sp³-hybridized carbons (Fsp3) is 0.100. The molecule has 1 aliphatic rings. The number of hydrogen-bond acceptors (Lipinski definition) is 6. The summed E-state index contributed by atoms with van der Waals surface area (Å²) in [5.74, 6) is -0.652. The summed E-state index contributed by atoms with van der Waals surface area (Å²) in [7, 11) is 0. The van der Waals surface area contributed by atoms with Gasteiger partial charge in [0.15, 0.2) is 0 Å². The van der Waals surface area contributed by atoms with Gasteiger partial charge in [0.05, 0.1) is 27.8 Å². The largest absolute Gasteiger partial charge is 0.422 e. The van der Waals surface area contributed by atoms with E-state index < -0.39 is 10.8 Å². The van der Waals surface area contributed by atoms with Crippen LogP contribution in [0.4, 0.5) is 5.69 Å². The number of allylic oxidation sites excluding steroid dienone is 1. The van der Waals surface area contributed by atoms with E-state index in [1.165, 1.54) is 18.2 Å². The van der Waals surface area contributed by atoms with Crippen molar-refractivity contribution in [2.24, 2.45) is 5.73 Å². The first kappa shape index (κ1) is 18.5. The number of halogens is 1. The molecule has 0 amide bonds. The monoisotopic (exact) mass is 407 g/mol. The Bertz CT molecular complexity index is 1210. The average Bonchev–Trinajstić information content (AvgIpc) is 3.03. The Morgan fingerprint density at radius 1 is 1.31 bits per heavy atom. The molecule has 2 heterocycles. The van der Waals surface area contributed by atoms with Crippen LogP contribution in [0.1, 0.15) is 22.7 Å². The zero-order chi connectivity index (χ0) is 20.7. The maximum absolute atomic E-state index is 11.7. The fourth-order valence-electron chi connectivity index (χ4n) is 3.49. The number of nitriles is 1. The van der Waals surface area contributed by atoms with E-state index in [9.17, 15) is 15.4 Å². The molecular weight excluding hydrogens is 394 g/mol. The normalized spacial score (nSPS) is 15.4. The minimum absolute atomic E-state index is 0.0681. The zero-order valence-corrected chi connectivity index (χ0v) is 15.9. The second-order valence-corrected chi connectivity index (χ2v) is 6.87. The van der Waals surface area contributed by atoms with E-state index in [0.29, 0.717) is 22.2 Å². The van der Waals surface area contributed by atoms with Gasteiger partial charge in [-0.15, -0.1) is 0 Å². The van der Waals surface area contributed by atoms with E-state index in [4.69, 9.17) is 22.1 Å². The van der Waals surface area contributed by atoms with Gasteiger partial charge in [-0.25, -0.2) is 4.68 Å². The van der Waals surface area contributed by atoms with Crippen molar-refractivity contribution < 1.29 is 9.66 Å². The van der Waals surface area contributed by atoms with Gasteiger partial charge in [-0.2, -0.15) is 10.4 Å². The number of rotatable bonds is 3. The Kier molecular flexibility index (Phi) is 4.45. The van der Waals surface area contributed by atoms with E-state index in [-0.39, 0.29) is 22.7 Å². The number of nitro benzene ring substituents is 1. The van der Waals surface area contributed by atoms with Crippen LogP contribution in [0.25, 0.3) is 5.69 Å². The number of benzene rings is 2. The summed E-state index contributed by atoms with van der Waals surface area (Å²) in [6, 6.07) is 15.5. The Morgan fingerprint density at radius 2 is 2.03 bits per heavy atom. The molecule has 0 radical (unpaired) electrons. The van der Waals surface area contributed by atoms with Crippen LogP contribution in [-0.4, -0.2) is 14.7 Å². The number of aromatic nitrogens is 2. The van der Waals surface area contributed by atoms with Gasteiger partial charge in [0.25, 0.3) is 5.69 Å². The summed E-state index contributed by atoms with van der Waals surface area (Å²) in [6.07, 6.45) is 0. The van der Waals surface area contributed by atoms with E-state index in [2.05, 4.69) is 5.10 Å². The summed E-state index contributed by atoms with van der Waals surface area (Å²) < 4.78 is 7.32. The first-order valence-corrected chi connectivity index (χ1v) is 8.96. The molecule has 2 aromatic carbocycles. The Labute approximate surface area is 170 Å². The third-order valence-corrected chi connectivity index (χ3v) is 4.97. The van der Waals surface area contributed by atoms with Crippen molar-refractivity contribution >= 4 is 17.3 Å². The first-order chi connectivity index (χ1) is 13.9. The topological polar surface area (TPSA) is 120 Å². The number of fused-ring (bicyclic) bond motifs is 1. The second kappa shape index (κ2) is 6.96. The minimum atomic E-state index is -0.833. The van der Waals surface area contributed by atoms with Gasteiger partial charge in [-0.1, -0.05) is 29.8 Å². The van der Waals surface area contributed by atoms with Gasteiger partial charge in [0.1, 0.15) is 11.6 Å². The van der Waals surface area contributed by atoms with Gasteiger partial charge in [0.2, 0.25) is 11.8 Å². The lowest BCUT2D eigenvalue weighted by Crippen LogP contribution is -2.22. The summed E-state index contributed by atoms with van der Waals surface area (Å²) in [4.78, 5) is 11.1. The third-order valence-electron chi connectivity index (χ3n) is 4.73. The molecule has 0 spiro atoms. The van der Waals surface area contributed by atoms with E-state index in [1.807, 2.05) is 36.4 Å². The maximum atomic E-state index is 11.7. The van der Waals surface area contributed by atoms with Gasteiger partial charge in [0, 0.05) is 16.7 Å². The first-order valence-electron chi connectivity index (χ1n) is 8.58. The highest BCUT2D eigenvalue weighted by Gasteiger charge is 2.39. The van der Waals surface area contributed by atoms with Crippen LogP contribution in [0.15, 0.2) is 60.0 Å². The maximum Gasteiger partial charge on any atom is 0.273 e. The van der Waals surface area contributed by atoms with Crippen LogP contribution in [0, 0.1) is 28.4 Å². The minimum Gasteiger partial charge on any atom is -0.422 e. The molecule has 144 valence electrons. The van der Waals surface area contributed by atoms with Gasteiger partial charge in [-0.3, -0.25) is 10.1 Å². The fourth-order valence-corrected chi connectivity index (χ4v) is 3.67. The summed E-state index contributed by atoms with van der Waals surface area (Å²) in [5.41, 5.74) is 8.01. The molecule has 0 aliphatic carbocycles. The zero-order valence-electron chi connectivity index (χ0n) is 15.2. The Hall–Kier alpha value is -3.83. The number of aryl methyl sites for hydroxylation is 1. The summed E-state index contributed by atoms with van der Waals surface area (Å²) in [6.45, 7) is 1.75. The smallest absolute Gasteiger partial charge is 0.273 e. The standard InChI is InChI=1S/C20H14ClN5O3/c1-11-17-18(14-9-12(21)7-8-16(14)26(27)28)15(10-22)19(23)29-20(17)25(24-11)13-5-3-2-4-6-13/h2-9,18H,23H2,1H3/t18-/m0/s1. The molecule has 3 aromatic rings. The van der Waals surface area contributed by atoms with Crippen molar-refractivity contribution in [2.45, 2.75) is 12.8 Å². The highest BCUT2D eigenvalue weighted by Crippen LogP contribution is 2.47. The van der Waals surface area contributed by atoms with Crippen LogP contribution in [0.3, 0.4) is 0 Å². The van der Waals surface area contributed by atoms with Crippen molar-refractivity contribution in [3.8, 4) is 17.6 Å². The number of nitro groups is 1. The molecule has 29 heavy (non-hydrogen) atoms. The number of hydrogen-bond donors (Lipinski definition) is 1. The van der Waals surface area contributed by atoms with Gasteiger partial charge in [-0.05, 0) is 31.2 Å². The molecule has 0 unspecified atom stereocenters. The molecule has 9 heteroatoms. The predicted molar refractivity (Wildman–Crippen MR) is 106 cm³/mol. The lowest BCUT2D eigenvalue weighted by molar-refractivity contribution is -0.385.